The van der Waals surface area contributed by atoms with E-state index >= 15 is 0 Å². The summed E-state index contributed by atoms with van der Waals surface area (Å²) in [7, 11) is 4.82. The van der Waals surface area contributed by atoms with E-state index in [0.29, 0.717) is 38.5 Å². The van der Waals surface area contributed by atoms with E-state index in [1.54, 1.807) is 41.3 Å². The smallest absolute Gasteiger partial charge is 0.331 e. The molecule has 3 heterocycles. The molecule has 19 atom stereocenters. The van der Waals surface area contributed by atoms with Crippen LogP contribution in [0.5, 0.6) is 0 Å². The number of rotatable bonds is 17. The lowest BCUT2D eigenvalue weighted by Gasteiger charge is -2.51. The minimum absolute atomic E-state index is 0.0129. The molecule has 0 aromatic heterocycles. The molecule has 6 aliphatic rings. The number of hydrogen-bond acceptors (Lipinski definition) is 17. The van der Waals surface area contributed by atoms with Crippen LogP contribution in [0, 0.1) is 16.7 Å². The van der Waals surface area contributed by atoms with Gasteiger partial charge in [-0.15, -0.1) is 0 Å². The Labute approximate surface area is 412 Å². The Kier molecular flexibility index (Phi) is 17.7. The number of hydrogen-bond donors (Lipinski definition) is 2. The number of allylic oxidation sites excluding steroid dienone is 1. The molecular formula is C53H76O17. The minimum Gasteiger partial charge on any atom is -0.460 e. The number of aliphatic hydroxyl groups is 2. The van der Waals surface area contributed by atoms with Crippen LogP contribution in [-0.4, -0.2) is 153 Å². The molecule has 0 spiro atoms. The van der Waals surface area contributed by atoms with Crippen LogP contribution in [0.4, 0.5) is 0 Å². The van der Waals surface area contributed by atoms with Crippen molar-refractivity contribution in [3.05, 3.63) is 53.6 Å². The number of carbonyl (C=O) groups is 4. The topological polar surface area (TPSA) is 210 Å². The third kappa shape index (κ3) is 11.3. The zero-order valence-electron chi connectivity index (χ0n) is 42.4. The van der Waals surface area contributed by atoms with E-state index in [9.17, 15) is 29.4 Å². The zero-order valence-corrected chi connectivity index (χ0v) is 42.4. The molecule has 0 radical (unpaired) electrons. The van der Waals surface area contributed by atoms with Crippen molar-refractivity contribution in [3.8, 4) is 0 Å². The molecule has 3 saturated heterocycles. The fourth-order valence-corrected chi connectivity index (χ4v) is 12.1. The van der Waals surface area contributed by atoms with Crippen LogP contribution in [0.15, 0.2) is 48.1 Å². The summed E-state index contributed by atoms with van der Waals surface area (Å²) in [5.41, 5.74) is -2.48. The van der Waals surface area contributed by atoms with Crippen molar-refractivity contribution in [2.24, 2.45) is 16.7 Å². The molecule has 0 amide bonds. The van der Waals surface area contributed by atoms with Gasteiger partial charge in [-0.25, -0.2) is 4.79 Å². The summed E-state index contributed by atoms with van der Waals surface area (Å²) in [5.74, 6) is -2.42. The highest BCUT2D eigenvalue weighted by Gasteiger charge is 2.66. The average molecular weight is 985 g/mol. The molecule has 17 heteroatoms. The number of ketones is 2. The van der Waals surface area contributed by atoms with Gasteiger partial charge in [0.25, 0.3) is 0 Å². The second kappa shape index (κ2) is 22.8. The van der Waals surface area contributed by atoms with Crippen molar-refractivity contribution in [1.29, 1.82) is 0 Å². The Balaban J connectivity index is 1.00. The maximum absolute atomic E-state index is 14.2. The molecule has 0 bridgehead atoms. The fraction of sp³-hybridized carbons (Fsp3) is 0.736. The molecule has 17 nitrogen and oxygen atoms in total. The summed E-state index contributed by atoms with van der Waals surface area (Å²) in [5, 5.41) is 22.8. The highest BCUT2D eigenvalue weighted by molar-refractivity contribution is 5.92. The SMILES string of the molecule is CO[C@H]1C[C@H](O[C@H]2CC[C@@]3(C)C(=CCC(=O)[C@@H]3C[C@@H](OC(=O)/C=C/c3ccccc3)[C@@]3(C)C(=O)CC[C@]3(O)[C@H](C)OC(C)=O)C2)O[C@H](C)[C@H]1O[C@H]1C[C@@H](OC)[C@H](O[C@H]2C[C@@H](OC)[C@H](O)[C@@H](C)O2)[C@@H](C)O1. The molecule has 5 fully saturated rings. The molecule has 2 saturated carbocycles. The highest BCUT2D eigenvalue weighted by atomic mass is 16.7. The van der Waals surface area contributed by atoms with Gasteiger partial charge in [-0.1, -0.05) is 48.9 Å². The Morgan fingerprint density at radius 1 is 0.814 bits per heavy atom. The number of fused-ring (bicyclic) bond motifs is 1. The number of benzene rings is 1. The van der Waals surface area contributed by atoms with Crippen molar-refractivity contribution in [1.82, 2.24) is 0 Å². The number of aliphatic hydroxyl groups excluding tert-OH is 1. The van der Waals surface area contributed by atoms with Crippen molar-refractivity contribution in [2.75, 3.05) is 21.3 Å². The van der Waals surface area contributed by atoms with E-state index in [4.69, 9.17) is 52.1 Å². The number of esters is 2. The van der Waals surface area contributed by atoms with Crippen LogP contribution in [-0.2, 0) is 71.3 Å². The van der Waals surface area contributed by atoms with Crippen LogP contribution in [0.25, 0.3) is 6.08 Å². The van der Waals surface area contributed by atoms with Crippen molar-refractivity contribution in [2.45, 2.75) is 210 Å². The van der Waals surface area contributed by atoms with E-state index in [0.717, 1.165) is 11.1 Å². The van der Waals surface area contributed by atoms with E-state index in [-0.39, 0.29) is 49.5 Å². The van der Waals surface area contributed by atoms with Gasteiger partial charge in [0, 0.05) is 72.4 Å². The van der Waals surface area contributed by atoms with Gasteiger partial charge in [0.1, 0.15) is 47.7 Å². The lowest BCUT2D eigenvalue weighted by atomic mass is 9.56. The van der Waals surface area contributed by atoms with Gasteiger partial charge < -0.3 is 62.3 Å². The number of methoxy groups -OCH3 is 3. The molecule has 1 aromatic rings. The summed E-state index contributed by atoms with van der Waals surface area (Å²) in [4.78, 5) is 54.1. The Bertz CT molecular complexity index is 2040. The first-order chi connectivity index (χ1) is 33.2. The van der Waals surface area contributed by atoms with Gasteiger partial charge in [-0.2, -0.15) is 0 Å². The predicted molar refractivity (Wildman–Crippen MR) is 252 cm³/mol. The summed E-state index contributed by atoms with van der Waals surface area (Å²) >= 11 is 0. The minimum atomic E-state index is -1.88. The van der Waals surface area contributed by atoms with Crippen LogP contribution in [0.3, 0.4) is 0 Å². The molecular weight excluding hydrogens is 909 g/mol. The van der Waals surface area contributed by atoms with Crippen LogP contribution in [0.1, 0.15) is 118 Å². The fourth-order valence-electron chi connectivity index (χ4n) is 12.1. The van der Waals surface area contributed by atoms with Crippen LogP contribution >= 0.6 is 0 Å². The van der Waals surface area contributed by atoms with Gasteiger partial charge in [-0.3, -0.25) is 14.4 Å². The normalized spacial score (nSPS) is 41.1. The van der Waals surface area contributed by atoms with Gasteiger partial charge in [0.05, 0.1) is 48.1 Å². The molecule has 70 heavy (non-hydrogen) atoms. The second-order valence-corrected chi connectivity index (χ2v) is 20.6. The molecule has 2 N–H and O–H groups in total. The first-order valence-electron chi connectivity index (χ1n) is 25.0. The van der Waals surface area contributed by atoms with Crippen molar-refractivity contribution in [3.63, 3.8) is 0 Å². The van der Waals surface area contributed by atoms with Gasteiger partial charge in [0.2, 0.25) is 0 Å². The van der Waals surface area contributed by atoms with Gasteiger partial charge >= 0.3 is 11.9 Å². The summed E-state index contributed by atoms with van der Waals surface area (Å²) < 4.78 is 67.6. The van der Waals surface area contributed by atoms with Gasteiger partial charge in [-0.05, 0) is 83.8 Å². The summed E-state index contributed by atoms with van der Waals surface area (Å²) in [6.45, 7) is 12.0. The second-order valence-electron chi connectivity index (χ2n) is 20.6. The lowest BCUT2D eigenvalue weighted by molar-refractivity contribution is -0.338. The molecule has 3 aliphatic heterocycles. The number of carbonyl (C=O) groups excluding carboxylic acids is 4. The third-order valence-corrected chi connectivity index (χ3v) is 16.4. The number of Topliss-reactive ketones (excluding diaryl/α,β-unsaturated/α-hetero) is 2. The first kappa shape index (κ1) is 54.3. The lowest BCUT2D eigenvalue weighted by Crippen LogP contribution is -2.61. The Morgan fingerprint density at radius 3 is 1.97 bits per heavy atom. The average Bonchev–Trinajstić information content (AvgIpc) is 3.57. The molecule has 390 valence electrons. The highest BCUT2D eigenvalue weighted by Crippen LogP contribution is 2.56. The first-order valence-corrected chi connectivity index (χ1v) is 25.0. The molecule has 7 rings (SSSR count). The standard InChI is InChI=1S/C53H76O17/c1-29-48(58)39(60-8)26-46(63-29)69-50-31(3)65-47(28-41(50)62-10)70-49-30(2)64-45(27-40(49)61-9)67-36-20-22-51(6)35(24-36)17-18-38(55)37(51)25-43(68-44(57)19-16-34-14-12-11-13-15-34)52(7)42(56)21-23-53(52,59)32(4)66-33(5)54/h11-17,19,29-32,36-37,39-41,43,45-50,58-59H,18,20-28H2,1-10H3/b19-16+/t29-,30-,31-,32+,36+,37+,39-,40+,41-,43-,45+,46+,47+,48-,49-,50-,51+,52-,53+/m1/s1. The third-order valence-electron chi connectivity index (χ3n) is 16.4. The summed E-state index contributed by atoms with van der Waals surface area (Å²) in [6, 6.07) is 9.20. The maximum Gasteiger partial charge on any atom is 0.331 e. The van der Waals surface area contributed by atoms with Crippen LogP contribution in [0.2, 0.25) is 0 Å². The van der Waals surface area contributed by atoms with Crippen molar-refractivity contribution < 1.29 is 81.5 Å². The summed E-state index contributed by atoms with van der Waals surface area (Å²) in [6.07, 6.45) is -1.03. The van der Waals surface area contributed by atoms with Gasteiger partial charge in [0.15, 0.2) is 18.9 Å². The molecule has 3 aliphatic carbocycles. The maximum atomic E-state index is 14.2. The number of ether oxygens (including phenoxy) is 11. The largest absolute Gasteiger partial charge is 0.460 e. The van der Waals surface area contributed by atoms with E-state index < -0.39 is 114 Å². The molecule has 1 aromatic carbocycles. The Morgan fingerprint density at radius 2 is 1.39 bits per heavy atom. The van der Waals surface area contributed by atoms with Crippen molar-refractivity contribution >= 4 is 29.6 Å². The van der Waals surface area contributed by atoms with E-state index in [1.807, 2.05) is 57.2 Å². The molecule has 0 unspecified atom stereocenters. The quantitative estimate of drug-likeness (QED) is 0.109. The van der Waals surface area contributed by atoms with E-state index in [1.165, 1.54) is 19.9 Å². The predicted octanol–water partition coefficient (Wildman–Crippen LogP) is 5.73. The Hall–Kier alpha value is -3.46. The zero-order chi connectivity index (χ0) is 50.7. The van der Waals surface area contributed by atoms with Crippen LogP contribution < -0.4 is 0 Å². The monoisotopic (exact) mass is 985 g/mol. The van der Waals surface area contributed by atoms with E-state index in [2.05, 4.69) is 0 Å².